The molecule has 2 aromatic rings. The van der Waals surface area contributed by atoms with Crippen LogP contribution >= 0.6 is 0 Å². The standard InChI is InChI=1S/C21H27N5O3/c1-29-17-5-3-16(4-6-17)26-12-9-22-19(26)15-24-10-2-11-25(14-13-24)21(28)18-7-8-20(27)23-18/h3-6,9,12,18H,2,7-8,10-11,13-15H2,1H3,(H,23,27)/t18-/m1/s1. The van der Waals surface area contributed by atoms with Gasteiger partial charge in [0.2, 0.25) is 11.8 Å². The highest BCUT2D eigenvalue weighted by atomic mass is 16.5. The molecule has 2 aliphatic rings. The lowest BCUT2D eigenvalue weighted by Crippen LogP contribution is -2.45. The number of hydrogen-bond donors (Lipinski definition) is 1. The van der Waals surface area contributed by atoms with E-state index in [1.807, 2.05) is 41.6 Å². The van der Waals surface area contributed by atoms with Gasteiger partial charge in [-0.25, -0.2) is 4.98 Å². The first-order valence-electron chi connectivity index (χ1n) is 10.1. The van der Waals surface area contributed by atoms with E-state index in [1.54, 1.807) is 7.11 Å². The van der Waals surface area contributed by atoms with E-state index in [4.69, 9.17) is 4.74 Å². The first-order valence-corrected chi connectivity index (χ1v) is 10.1. The van der Waals surface area contributed by atoms with Crippen LogP contribution in [0.2, 0.25) is 0 Å². The van der Waals surface area contributed by atoms with Crippen molar-refractivity contribution in [1.29, 1.82) is 0 Å². The minimum Gasteiger partial charge on any atom is -0.497 e. The average molecular weight is 397 g/mol. The Balaban J connectivity index is 1.38. The molecule has 0 saturated carbocycles. The molecule has 0 bridgehead atoms. The number of nitrogens with one attached hydrogen (secondary N) is 1. The highest BCUT2D eigenvalue weighted by molar-refractivity contribution is 5.90. The van der Waals surface area contributed by atoms with E-state index >= 15 is 0 Å². The van der Waals surface area contributed by atoms with Gasteiger partial charge < -0.3 is 19.5 Å². The Morgan fingerprint density at radius 1 is 1.21 bits per heavy atom. The van der Waals surface area contributed by atoms with Crippen LogP contribution in [0, 0.1) is 0 Å². The van der Waals surface area contributed by atoms with Gasteiger partial charge in [0.25, 0.3) is 0 Å². The van der Waals surface area contributed by atoms with Gasteiger partial charge in [0.1, 0.15) is 17.6 Å². The van der Waals surface area contributed by atoms with Crippen LogP contribution in [-0.2, 0) is 16.1 Å². The third-order valence-electron chi connectivity index (χ3n) is 5.63. The summed E-state index contributed by atoms with van der Waals surface area (Å²) in [6.45, 7) is 3.84. The summed E-state index contributed by atoms with van der Waals surface area (Å²) in [7, 11) is 1.66. The van der Waals surface area contributed by atoms with Crippen LogP contribution in [-0.4, -0.2) is 70.5 Å². The van der Waals surface area contributed by atoms with Crippen molar-refractivity contribution < 1.29 is 14.3 Å². The lowest BCUT2D eigenvalue weighted by molar-refractivity contribution is -0.134. The van der Waals surface area contributed by atoms with Crippen molar-refractivity contribution in [2.75, 3.05) is 33.3 Å². The van der Waals surface area contributed by atoms with Crippen molar-refractivity contribution in [1.82, 2.24) is 24.7 Å². The number of carbonyl (C=O) groups is 2. The molecule has 154 valence electrons. The van der Waals surface area contributed by atoms with Crippen LogP contribution in [0.3, 0.4) is 0 Å². The molecule has 1 atom stereocenters. The largest absolute Gasteiger partial charge is 0.497 e. The Morgan fingerprint density at radius 2 is 2.03 bits per heavy atom. The Hall–Kier alpha value is -2.87. The minimum atomic E-state index is -0.344. The van der Waals surface area contributed by atoms with E-state index in [0.29, 0.717) is 19.4 Å². The number of imidazole rings is 1. The van der Waals surface area contributed by atoms with Crippen molar-refractivity contribution in [3.8, 4) is 11.4 Å². The summed E-state index contributed by atoms with van der Waals surface area (Å²) in [5.41, 5.74) is 1.04. The van der Waals surface area contributed by atoms with Gasteiger partial charge in [0, 0.05) is 50.7 Å². The zero-order valence-electron chi connectivity index (χ0n) is 16.7. The molecule has 29 heavy (non-hydrogen) atoms. The van der Waals surface area contributed by atoms with Gasteiger partial charge in [-0.05, 0) is 37.1 Å². The molecule has 2 fully saturated rings. The number of nitrogens with zero attached hydrogens (tertiary/aromatic N) is 4. The molecule has 8 nitrogen and oxygen atoms in total. The zero-order valence-corrected chi connectivity index (χ0v) is 16.7. The number of benzene rings is 1. The number of amides is 2. The van der Waals surface area contributed by atoms with Crippen LogP contribution in [0.1, 0.15) is 25.1 Å². The number of ether oxygens (including phenoxy) is 1. The highest BCUT2D eigenvalue weighted by Gasteiger charge is 2.31. The fraction of sp³-hybridized carbons (Fsp3) is 0.476. The molecule has 3 heterocycles. The van der Waals surface area contributed by atoms with E-state index in [0.717, 1.165) is 49.9 Å². The van der Waals surface area contributed by atoms with E-state index in [9.17, 15) is 9.59 Å². The number of rotatable bonds is 5. The van der Waals surface area contributed by atoms with Crippen molar-refractivity contribution in [2.45, 2.75) is 31.8 Å². The molecule has 8 heteroatoms. The third kappa shape index (κ3) is 4.42. The molecule has 1 N–H and O–H groups in total. The Kier molecular flexibility index (Phi) is 5.80. The fourth-order valence-corrected chi connectivity index (χ4v) is 4.00. The second-order valence-electron chi connectivity index (χ2n) is 7.53. The molecule has 2 aliphatic heterocycles. The molecule has 1 aromatic carbocycles. The van der Waals surface area contributed by atoms with E-state index in [1.165, 1.54) is 0 Å². The van der Waals surface area contributed by atoms with Crippen molar-refractivity contribution in [2.24, 2.45) is 0 Å². The van der Waals surface area contributed by atoms with E-state index in [-0.39, 0.29) is 17.9 Å². The number of methoxy groups -OCH3 is 1. The Morgan fingerprint density at radius 3 is 2.76 bits per heavy atom. The summed E-state index contributed by atoms with van der Waals surface area (Å²) >= 11 is 0. The fourth-order valence-electron chi connectivity index (χ4n) is 4.00. The minimum absolute atomic E-state index is 0.0230. The average Bonchev–Trinajstić information content (AvgIpc) is 3.31. The number of hydrogen-bond acceptors (Lipinski definition) is 5. The summed E-state index contributed by atoms with van der Waals surface area (Å²) in [4.78, 5) is 32.9. The monoisotopic (exact) mass is 397 g/mol. The first kappa shape index (κ1) is 19.4. The second-order valence-corrected chi connectivity index (χ2v) is 7.53. The van der Waals surface area contributed by atoms with Gasteiger partial charge in [-0.15, -0.1) is 0 Å². The van der Waals surface area contributed by atoms with Gasteiger partial charge in [-0.3, -0.25) is 14.5 Å². The SMILES string of the molecule is COc1ccc(-n2ccnc2CN2CCCN(C(=O)[C@H]3CCC(=O)N3)CC2)cc1. The topological polar surface area (TPSA) is 79.7 Å². The molecular weight excluding hydrogens is 370 g/mol. The predicted molar refractivity (Wildman–Crippen MR) is 108 cm³/mol. The van der Waals surface area contributed by atoms with Gasteiger partial charge in [-0.2, -0.15) is 0 Å². The van der Waals surface area contributed by atoms with Crippen LogP contribution in [0.5, 0.6) is 5.75 Å². The van der Waals surface area contributed by atoms with Gasteiger partial charge >= 0.3 is 0 Å². The summed E-state index contributed by atoms with van der Waals surface area (Å²) in [6, 6.07) is 7.57. The Labute approximate surface area is 170 Å². The molecule has 0 spiro atoms. The lowest BCUT2D eigenvalue weighted by atomic mass is 10.2. The van der Waals surface area contributed by atoms with Crippen LogP contribution in [0.15, 0.2) is 36.7 Å². The highest BCUT2D eigenvalue weighted by Crippen LogP contribution is 2.18. The molecule has 2 amide bonds. The molecule has 0 aliphatic carbocycles. The maximum absolute atomic E-state index is 12.7. The van der Waals surface area contributed by atoms with Crippen molar-refractivity contribution in [3.63, 3.8) is 0 Å². The lowest BCUT2D eigenvalue weighted by Gasteiger charge is -2.24. The van der Waals surface area contributed by atoms with Crippen LogP contribution < -0.4 is 10.1 Å². The summed E-state index contributed by atoms with van der Waals surface area (Å²) in [5, 5.41) is 2.79. The molecule has 4 rings (SSSR count). The Bertz CT molecular complexity index is 863. The zero-order chi connectivity index (χ0) is 20.2. The van der Waals surface area contributed by atoms with E-state index in [2.05, 4.69) is 19.8 Å². The number of carbonyl (C=O) groups excluding carboxylic acids is 2. The third-order valence-corrected chi connectivity index (χ3v) is 5.63. The van der Waals surface area contributed by atoms with Crippen LogP contribution in [0.4, 0.5) is 0 Å². The van der Waals surface area contributed by atoms with Crippen molar-refractivity contribution in [3.05, 3.63) is 42.5 Å². The summed E-state index contributed by atoms with van der Waals surface area (Å²) < 4.78 is 7.32. The second kappa shape index (κ2) is 8.65. The molecule has 0 unspecified atom stereocenters. The maximum Gasteiger partial charge on any atom is 0.245 e. The van der Waals surface area contributed by atoms with E-state index < -0.39 is 0 Å². The quantitative estimate of drug-likeness (QED) is 0.820. The first-order chi connectivity index (χ1) is 14.1. The normalized spacial score (nSPS) is 20.4. The molecule has 0 radical (unpaired) electrons. The maximum atomic E-state index is 12.7. The molecule has 2 saturated heterocycles. The van der Waals surface area contributed by atoms with Gasteiger partial charge in [-0.1, -0.05) is 0 Å². The molecular formula is C21H27N5O3. The number of aromatic nitrogens is 2. The molecule has 1 aromatic heterocycles. The van der Waals surface area contributed by atoms with Crippen LogP contribution in [0.25, 0.3) is 5.69 Å². The van der Waals surface area contributed by atoms with Gasteiger partial charge in [0.05, 0.1) is 13.7 Å². The van der Waals surface area contributed by atoms with Gasteiger partial charge in [0.15, 0.2) is 0 Å². The smallest absolute Gasteiger partial charge is 0.245 e. The van der Waals surface area contributed by atoms with Crippen molar-refractivity contribution >= 4 is 11.8 Å². The summed E-state index contributed by atoms with van der Waals surface area (Å²) in [6.07, 6.45) is 5.75. The summed E-state index contributed by atoms with van der Waals surface area (Å²) in [5.74, 6) is 1.83. The predicted octanol–water partition coefficient (Wildman–Crippen LogP) is 1.19.